The number of anilines is 1. The Morgan fingerprint density at radius 2 is 2.22 bits per heavy atom. The first-order valence-corrected chi connectivity index (χ1v) is 5.81. The van der Waals surface area contributed by atoms with Gasteiger partial charge in [-0.3, -0.25) is 10.1 Å². The molecule has 0 aliphatic carbocycles. The topological polar surface area (TPSA) is 91.9 Å². The van der Waals surface area contributed by atoms with E-state index in [0.717, 1.165) is 6.42 Å². The van der Waals surface area contributed by atoms with Crippen molar-refractivity contribution in [1.29, 1.82) is 5.26 Å². The molecule has 2 atom stereocenters. The van der Waals surface area contributed by atoms with E-state index in [-0.39, 0.29) is 17.4 Å². The van der Waals surface area contributed by atoms with Crippen LogP contribution in [0.5, 0.6) is 0 Å². The van der Waals surface area contributed by atoms with Crippen molar-refractivity contribution in [3.05, 3.63) is 27.9 Å². The summed E-state index contributed by atoms with van der Waals surface area (Å²) in [6.07, 6.45) is 1.02. The van der Waals surface area contributed by atoms with Crippen LogP contribution in [0.15, 0.2) is 12.1 Å². The van der Waals surface area contributed by atoms with E-state index in [4.69, 9.17) is 5.26 Å². The highest BCUT2D eigenvalue weighted by Crippen LogP contribution is 2.20. The first-order chi connectivity index (χ1) is 8.49. The molecule has 0 aliphatic rings. The van der Waals surface area contributed by atoms with E-state index in [1.54, 1.807) is 6.07 Å². The maximum atomic E-state index is 10.7. The molecular formula is C12H16N4O2. The predicted octanol–water partition coefficient (Wildman–Crippen LogP) is 2.71. The number of hydrogen-bond donors (Lipinski definition) is 1. The molecule has 2 unspecified atom stereocenters. The van der Waals surface area contributed by atoms with Crippen molar-refractivity contribution in [3.8, 4) is 6.07 Å². The summed E-state index contributed by atoms with van der Waals surface area (Å²) in [4.78, 5) is 14.0. The van der Waals surface area contributed by atoms with Gasteiger partial charge in [0.2, 0.25) is 5.69 Å². The van der Waals surface area contributed by atoms with E-state index < -0.39 is 4.92 Å². The molecule has 0 bridgehead atoms. The first-order valence-electron chi connectivity index (χ1n) is 5.81. The van der Waals surface area contributed by atoms with Gasteiger partial charge >= 0.3 is 5.69 Å². The smallest absolute Gasteiger partial charge is 0.305 e. The van der Waals surface area contributed by atoms with Crippen LogP contribution in [0.25, 0.3) is 0 Å². The van der Waals surface area contributed by atoms with Crippen molar-refractivity contribution in [2.75, 3.05) is 5.32 Å². The Hall–Kier alpha value is -2.16. The van der Waals surface area contributed by atoms with Crippen molar-refractivity contribution in [2.24, 2.45) is 5.92 Å². The fraction of sp³-hybridized carbons (Fsp3) is 0.500. The quantitative estimate of drug-likeness (QED) is 0.638. The molecule has 0 amide bonds. The van der Waals surface area contributed by atoms with Gasteiger partial charge in [0.1, 0.15) is 11.9 Å². The molecule has 1 N–H and O–H groups in total. The largest absolute Gasteiger partial charge is 0.367 e. The first kappa shape index (κ1) is 13.9. The van der Waals surface area contributed by atoms with Gasteiger partial charge in [-0.25, -0.2) is 4.98 Å². The normalized spacial score (nSPS) is 13.4. The molecule has 0 fully saturated rings. The molecule has 0 spiro atoms. The van der Waals surface area contributed by atoms with Gasteiger partial charge < -0.3 is 5.32 Å². The van der Waals surface area contributed by atoms with Crippen LogP contribution in [0.3, 0.4) is 0 Å². The van der Waals surface area contributed by atoms with E-state index in [9.17, 15) is 10.1 Å². The summed E-state index contributed by atoms with van der Waals surface area (Å²) in [7, 11) is 0. The summed E-state index contributed by atoms with van der Waals surface area (Å²) in [5.41, 5.74) is -0.430. The van der Waals surface area contributed by atoms with Gasteiger partial charge in [0.15, 0.2) is 0 Å². The van der Waals surface area contributed by atoms with Crippen LogP contribution < -0.4 is 5.32 Å². The Kier molecular flexibility index (Phi) is 4.60. The average Bonchev–Trinajstić information content (AvgIpc) is 2.37. The van der Waals surface area contributed by atoms with Crippen LogP contribution in [-0.4, -0.2) is 15.9 Å². The Morgan fingerprint density at radius 1 is 1.56 bits per heavy atom. The number of aromatic nitrogens is 1. The summed E-state index contributed by atoms with van der Waals surface area (Å²) in [6, 6.07) is 4.76. The van der Waals surface area contributed by atoms with Crippen molar-refractivity contribution in [2.45, 2.75) is 33.2 Å². The Bertz CT molecular complexity index is 481. The zero-order valence-electron chi connectivity index (χ0n) is 10.7. The third-order valence-corrected chi connectivity index (χ3v) is 3.05. The predicted molar refractivity (Wildman–Crippen MR) is 68.1 cm³/mol. The summed E-state index contributed by atoms with van der Waals surface area (Å²) in [6.45, 7) is 6.21. The minimum absolute atomic E-state index is 0.165. The van der Waals surface area contributed by atoms with Gasteiger partial charge in [0.05, 0.1) is 4.92 Å². The lowest BCUT2D eigenvalue weighted by atomic mass is 10.0. The van der Waals surface area contributed by atoms with E-state index in [1.165, 1.54) is 12.1 Å². The van der Waals surface area contributed by atoms with Crippen LogP contribution in [0.1, 0.15) is 32.9 Å². The second kappa shape index (κ2) is 5.96. The van der Waals surface area contributed by atoms with Crippen molar-refractivity contribution in [3.63, 3.8) is 0 Å². The van der Waals surface area contributed by atoms with Gasteiger partial charge in [0.25, 0.3) is 0 Å². The molecule has 6 nitrogen and oxygen atoms in total. The molecule has 0 radical (unpaired) electrons. The maximum Gasteiger partial charge on any atom is 0.305 e. The van der Waals surface area contributed by atoms with Crippen LogP contribution in [0, 0.1) is 27.4 Å². The zero-order valence-corrected chi connectivity index (χ0v) is 10.7. The number of rotatable bonds is 5. The Balaban J connectivity index is 2.94. The van der Waals surface area contributed by atoms with E-state index in [0.29, 0.717) is 11.7 Å². The molecule has 1 rings (SSSR count). The van der Waals surface area contributed by atoms with E-state index in [1.807, 2.05) is 6.92 Å². The maximum absolute atomic E-state index is 10.7. The zero-order chi connectivity index (χ0) is 13.7. The number of hydrogen-bond acceptors (Lipinski definition) is 5. The summed E-state index contributed by atoms with van der Waals surface area (Å²) in [5.74, 6) is 0.942. The van der Waals surface area contributed by atoms with Crippen molar-refractivity contribution < 1.29 is 4.92 Å². The minimum Gasteiger partial charge on any atom is -0.367 e. The molecule has 1 aromatic heterocycles. The molecule has 0 aromatic carbocycles. The number of pyridine rings is 1. The van der Waals surface area contributed by atoms with E-state index >= 15 is 0 Å². The molecule has 18 heavy (non-hydrogen) atoms. The molecular weight excluding hydrogens is 232 g/mol. The second-order valence-corrected chi connectivity index (χ2v) is 4.25. The fourth-order valence-corrected chi connectivity index (χ4v) is 1.49. The summed E-state index contributed by atoms with van der Waals surface area (Å²) < 4.78 is 0. The average molecular weight is 248 g/mol. The van der Waals surface area contributed by atoms with Crippen LogP contribution in [0.4, 0.5) is 11.5 Å². The lowest BCUT2D eigenvalue weighted by molar-refractivity contribution is -0.385. The molecule has 1 aromatic rings. The minimum atomic E-state index is -0.604. The standard InChI is InChI=1S/C12H16N4O2/c1-4-8(2)9(3)14-12-6-5-11(16(17)18)10(7-13)15-12/h5-6,8-9H,4H2,1-3H3,(H,14,15). The monoisotopic (exact) mass is 248 g/mol. The number of nitrogens with one attached hydrogen (secondary N) is 1. The van der Waals surface area contributed by atoms with Crippen LogP contribution in [-0.2, 0) is 0 Å². The highest BCUT2D eigenvalue weighted by Gasteiger charge is 2.17. The number of nitro groups is 1. The van der Waals surface area contributed by atoms with Gasteiger partial charge in [-0.15, -0.1) is 0 Å². The molecule has 6 heteroatoms. The van der Waals surface area contributed by atoms with Crippen molar-refractivity contribution >= 4 is 11.5 Å². The lowest BCUT2D eigenvalue weighted by Gasteiger charge is -2.20. The van der Waals surface area contributed by atoms with E-state index in [2.05, 4.69) is 24.1 Å². The highest BCUT2D eigenvalue weighted by atomic mass is 16.6. The third kappa shape index (κ3) is 3.17. The number of nitrogens with zero attached hydrogens (tertiary/aromatic N) is 3. The highest BCUT2D eigenvalue weighted by molar-refractivity contribution is 5.50. The fourth-order valence-electron chi connectivity index (χ4n) is 1.49. The molecule has 0 aliphatic heterocycles. The SMILES string of the molecule is CCC(C)C(C)Nc1ccc([N+](=O)[O-])c(C#N)n1. The number of nitriles is 1. The summed E-state index contributed by atoms with van der Waals surface area (Å²) >= 11 is 0. The molecule has 0 saturated carbocycles. The van der Waals surface area contributed by atoms with Crippen LogP contribution in [0.2, 0.25) is 0 Å². The van der Waals surface area contributed by atoms with Crippen molar-refractivity contribution in [1.82, 2.24) is 4.98 Å². The van der Waals surface area contributed by atoms with Gasteiger partial charge in [-0.2, -0.15) is 5.26 Å². The lowest BCUT2D eigenvalue weighted by Crippen LogP contribution is -2.23. The Morgan fingerprint density at radius 3 is 2.72 bits per heavy atom. The second-order valence-electron chi connectivity index (χ2n) is 4.25. The Labute approximate surface area is 106 Å². The van der Waals surface area contributed by atoms with Crippen LogP contribution >= 0.6 is 0 Å². The molecule has 0 saturated heterocycles. The van der Waals surface area contributed by atoms with Gasteiger partial charge in [-0.05, 0) is 18.9 Å². The van der Waals surface area contributed by atoms with Gasteiger partial charge in [-0.1, -0.05) is 20.3 Å². The van der Waals surface area contributed by atoms with Gasteiger partial charge in [0, 0.05) is 12.1 Å². The summed E-state index contributed by atoms with van der Waals surface area (Å²) in [5, 5.41) is 22.6. The molecule has 1 heterocycles. The third-order valence-electron chi connectivity index (χ3n) is 3.05. The molecule has 96 valence electrons.